The van der Waals surface area contributed by atoms with Crippen LogP contribution in [0, 0.1) is 12.8 Å². The summed E-state index contributed by atoms with van der Waals surface area (Å²) in [5.41, 5.74) is 5.96. The number of anilines is 1. The maximum absolute atomic E-state index is 12.6. The molecule has 0 bridgehead atoms. The van der Waals surface area contributed by atoms with E-state index >= 15 is 0 Å². The van der Waals surface area contributed by atoms with Gasteiger partial charge in [0.05, 0.1) is 18.8 Å². The fourth-order valence-electron chi connectivity index (χ4n) is 5.84. The van der Waals surface area contributed by atoms with Crippen LogP contribution in [-0.4, -0.2) is 36.2 Å². The van der Waals surface area contributed by atoms with E-state index in [1.165, 1.54) is 55.5 Å². The van der Waals surface area contributed by atoms with Gasteiger partial charge in [-0.2, -0.15) is 0 Å². The molecule has 5 nitrogen and oxygen atoms in total. The zero-order chi connectivity index (χ0) is 22.1. The van der Waals surface area contributed by atoms with Gasteiger partial charge in [0, 0.05) is 17.6 Å². The Morgan fingerprint density at radius 3 is 2.62 bits per heavy atom. The molecule has 170 valence electrons. The highest BCUT2D eigenvalue weighted by molar-refractivity contribution is 5.92. The van der Waals surface area contributed by atoms with Crippen LogP contribution in [0.3, 0.4) is 0 Å². The minimum atomic E-state index is 0.0428. The van der Waals surface area contributed by atoms with Gasteiger partial charge in [0.25, 0.3) is 0 Å². The second kappa shape index (κ2) is 9.34. The minimum Gasteiger partial charge on any atom is -0.326 e. The number of carbonyl (C=O) groups is 1. The van der Waals surface area contributed by atoms with Crippen molar-refractivity contribution in [3.05, 3.63) is 64.7 Å². The molecule has 32 heavy (non-hydrogen) atoms. The summed E-state index contributed by atoms with van der Waals surface area (Å²) < 4.78 is 0. The zero-order valence-electron chi connectivity index (χ0n) is 19.4. The number of amides is 1. The van der Waals surface area contributed by atoms with E-state index in [9.17, 15) is 4.79 Å². The number of rotatable bonds is 4. The number of aryl methyl sites for hydroxylation is 2. The Balaban J connectivity index is 1.29. The van der Waals surface area contributed by atoms with Crippen LogP contribution in [0.1, 0.15) is 60.9 Å². The monoisotopic (exact) mass is 432 g/mol. The van der Waals surface area contributed by atoms with Gasteiger partial charge in [-0.1, -0.05) is 42.3 Å². The third kappa shape index (κ3) is 4.61. The number of benzene rings is 2. The van der Waals surface area contributed by atoms with Crippen LogP contribution in [0.15, 0.2) is 42.5 Å². The highest BCUT2D eigenvalue weighted by atomic mass is 16.1. The Hall–Kier alpha value is -2.21. The Kier molecular flexibility index (Phi) is 6.31. The zero-order valence-corrected chi connectivity index (χ0v) is 19.4. The maximum Gasteiger partial charge on any atom is 0.228 e. The van der Waals surface area contributed by atoms with Crippen LogP contribution < -0.4 is 16.0 Å². The minimum absolute atomic E-state index is 0.0428. The summed E-state index contributed by atoms with van der Waals surface area (Å²) in [6, 6.07) is 15.1. The standard InChI is InChI=1S/C27H36N4O/c1-18-6-8-20(9-7-18)16-25(32)30-22-11-13-23-21(17-22)10-12-24-26(23)28-19(2)29-27(24)31-14-4-3-5-15-31/h6-9,11,13,17,19,24,26-29H,3-5,10,12,14-16H2,1-2H3,(H,30,32). The summed E-state index contributed by atoms with van der Waals surface area (Å²) in [7, 11) is 0. The molecule has 0 spiro atoms. The van der Waals surface area contributed by atoms with E-state index < -0.39 is 0 Å². The van der Waals surface area contributed by atoms with Crippen LogP contribution in [0.4, 0.5) is 5.69 Å². The fourth-order valence-corrected chi connectivity index (χ4v) is 5.84. The van der Waals surface area contributed by atoms with Crippen LogP contribution in [0.25, 0.3) is 0 Å². The lowest BCUT2D eigenvalue weighted by molar-refractivity contribution is -0.115. The van der Waals surface area contributed by atoms with Crippen molar-refractivity contribution in [1.82, 2.24) is 15.5 Å². The number of hydrogen-bond donors (Lipinski definition) is 3. The predicted molar refractivity (Wildman–Crippen MR) is 129 cm³/mol. The smallest absolute Gasteiger partial charge is 0.228 e. The van der Waals surface area contributed by atoms with Crippen molar-refractivity contribution in [2.75, 3.05) is 18.4 Å². The lowest BCUT2D eigenvalue weighted by Crippen LogP contribution is -2.65. The quantitative estimate of drug-likeness (QED) is 0.680. The van der Waals surface area contributed by atoms with Crippen LogP contribution in [0.5, 0.6) is 0 Å². The highest BCUT2D eigenvalue weighted by Crippen LogP contribution is 2.40. The van der Waals surface area contributed by atoms with Gasteiger partial charge in [-0.15, -0.1) is 0 Å². The number of likely N-dealkylation sites (tertiary alicyclic amines) is 1. The van der Waals surface area contributed by atoms with Gasteiger partial charge in [-0.25, -0.2) is 0 Å². The van der Waals surface area contributed by atoms with Crippen molar-refractivity contribution < 1.29 is 4.79 Å². The van der Waals surface area contributed by atoms with Gasteiger partial charge in [0.1, 0.15) is 0 Å². The first-order valence-electron chi connectivity index (χ1n) is 12.3. The number of fused-ring (bicyclic) bond motifs is 3. The van der Waals surface area contributed by atoms with Crippen molar-refractivity contribution in [2.45, 2.75) is 70.7 Å². The molecule has 2 aromatic rings. The maximum atomic E-state index is 12.6. The first kappa shape index (κ1) is 21.6. The molecule has 4 atom stereocenters. The molecule has 0 radical (unpaired) electrons. The first-order valence-corrected chi connectivity index (χ1v) is 12.3. The van der Waals surface area contributed by atoms with Gasteiger partial charge < -0.3 is 5.32 Å². The van der Waals surface area contributed by atoms with Gasteiger partial charge in [-0.05, 0) is 81.4 Å². The first-order chi connectivity index (χ1) is 15.6. The van der Waals surface area contributed by atoms with E-state index in [0.717, 1.165) is 17.7 Å². The summed E-state index contributed by atoms with van der Waals surface area (Å²) in [4.78, 5) is 15.3. The second-order valence-electron chi connectivity index (χ2n) is 9.90. The number of carbonyl (C=O) groups excluding carboxylic acids is 1. The number of nitrogens with one attached hydrogen (secondary N) is 3. The molecule has 2 fully saturated rings. The van der Waals surface area contributed by atoms with Crippen molar-refractivity contribution in [1.29, 1.82) is 0 Å². The molecule has 1 amide bonds. The average molecular weight is 433 g/mol. The molecule has 2 aromatic carbocycles. The second-order valence-corrected chi connectivity index (χ2v) is 9.90. The molecule has 1 aliphatic carbocycles. The summed E-state index contributed by atoms with van der Waals surface area (Å²) in [6.45, 7) is 6.73. The number of piperidine rings is 1. The molecule has 5 rings (SSSR count). The molecule has 3 N–H and O–H groups in total. The number of nitrogens with zero attached hydrogens (tertiary/aromatic N) is 1. The summed E-state index contributed by atoms with van der Waals surface area (Å²) >= 11 is 0. The van der Waals surface area contributed by atoms with Crippen molar-refractivity contribution in [3.8, 4) is 0 Å². The third-order valence-electron chi connectivity index (χ3n) is 7.46. The molecule has 2 heterocycles. The van der Waals surface area contributed by atoms with Gasteiger partial charge in [-0.3, -0.25) is 20.3 Å². The van der Waals surface area contributed by atoms with E-state index in [-0.39, 0.29) is 5.91 Å². The lowest BCUT2D eigenvalue weighted by Gasteiger charge is -2.50. The van der Waals surface area contributed by atoms with E-state index in [2.05, 4.69) is 65.0 Å². The fraction of sp³-hybridized carbons (Fsp3) is 0.519. The Morgan fingerprint density at radius 1 is 1.06 bits per heavy atom. The van der Waals surface area contributed by atoms with Crippen molar-refractivity contribution >= 4 is 11.6 Å². The summed E-state index contributed by atoms with van der Waals surface area (Å²) in [5, 5.41) is 10.8. The molecule has 4 unspecified atom stereocenters. The molecule has 2 aliphatic heterocycles. The molecule has 0 aromatic heterocycles. The van der Waals surface area contributed by atoms with Crippen LogP contribution >= 0.6 is 0 Å². The highest BCUT2D eigenvalue weighted by Gasteiger charge is 2.42. The number of hydrogen-bond acceptors (Lipinski definition) is 4. The molecular formula is C27H36N4O. The van der Waals surface area contributed by atoms with Gasteiger partial charge in [0.2, 0.25) is 5.91 Å². The van der Waals surface area contributed by atoms with Crippen molar-refractivity contribution in [3.63, 3.8) is 0 Å². The van der Waals surface area contributed by atoms with Crippen LogP contribution in [-0.2, 0) is 17.6 Å². The topological polar surface area (TPSA) is 56.4 Å². The normalized spacial score (nSPS) is 27.9. The average Bonchev–Trinajstić information content (AvgIpc) is 2.80. The van der Waals surface area contributed by atoms with Crippen molar-refractivity contribution in [2.24, 2.45) is 5.92 Å². The van der Waals surface area contributed by atoms with Gasteiger partial charge in [0.15, 0.2) is 0 Å². The third-order valence-corrected chi connectivity index (χ3v) is 7.46. The van der Waals surface area contributed by atoms with E-state index in [0.29, 0.717) is 30.7 Å². The lowest BCUT2D eigenvalue weighted by atomic mass is 9.76. The molecule has 5 heteroatoms. The molecule has 2 saturated heterocycles. The molecule has 3 aliphatic rings. The van der Waals surface area contributed by atoms with E-state index in [1.54, 1.807) is 0 Å². The molecular weight excluding hydrogens is 396 g/mol. The van der Waals surface area contributed by atoms with Crippen LogP contribution in [0.2, 0.25) is 0 Å². The molecule has 0 saturated carbocycles. The Morgan fingerprint density at radius 2 is 1.84 bits per heavy atom. The largest absolute Gasteiger partial charge is 0.326 e. The predicted octanol–water partition coefficient (Wildman–Crippen LogP) is 4.13. The summed E-state index contributed by atoms with van der Waals surface area (Å²) in [5.74, 6) is 0.625. The van der Waals surface area contributed by atoms with E-state index in [1.807, 2.05) is 12.1 Å². The Labute approximate surface area is 192 Å². The SMILES string of the molecule is Cc1ccc(CC(=O)Nc2ccc3c(c2)CCC2C3NC(C)NC2N2CCCCC2)cc1. The van der Waals surface area contributed by atoms with E-state index in [4.69, 9.17) is 0 Å². The Bertz CT molecular complexity index is 951. The van der Waals surface area contributed by atoms with Gasteiger partial charge >= 0.3 is 0 Å². The summed E-state index contributed by atoms with van der Waals surface area (Å²) in [6.07, 6.45) is 7.41.